The minimum atomic E-state index is -0.509. The van der Waals surface area contributed by atoms with Crippen molar-refractivity contribution in [3.8, 4) is 0 Å². The van der Waals surface area contributed by atoms with Crippen LogP contribution in [0.2, 0.25) is 5.02 Å². The highest BCUT2D eigenvalue weighted by atomic mass is 35.5. The van der Waals surface area contributed by atoms with Crippen LogP contribution in [0.25, 0.3) is 0 Å². The molecule has 1 aliphatic rings. The topological polar surface area (TPSA) is 41.1 Å². The molecule has 0 radical (unpaired) electrons. The quantitative estimate of drug-likeness (QED) is 0.899. The standard InChI is InChI=1S/C12H14ClFN2O.ClH/c1-7(8-5-15-6-8)12(17)16-11-3-2-9(13)4-10(11)14;/h2-4,7-8,15H,5-6H2,1H3,(H,16,17);1H. The highest BCUT2D eigenvalue weighted by molar-refractivity contribution is 6.30. The zero-order chi connectivity index (χ0) is 12.4. The van der Waals surface area contributed by atoms with E-state index in [1.807, 2.05) is 6.92 Å². The Labute approximate surface area is 116 Å². The fourth-order valence-corrected chi connectivity index (χ4v) is 1.87. The SMILES string of the molecule is CC(C(=O)Nc1ccc(Cl)cc1F)C1CNC1.Cl. The third kappa shape index (κ3) is 3.34. The van der Waals surface area contributed by atoms with Crippen molar-refractivity contribution >= 4 is 35.6 Å². The predicted molar refractivity (Wildman–Crippen MR) is 72.8 cm³/mol. The van der Waals surface area contributed by atoms with Crippen molar-refractivity contribution in [2.24, 2.45) is 11.8 Å². The lowest BCUT2D eigenvalue weighted by atomic mass is 9.88. The number of carbonyl (C=O) groups excluding carboxylic acids is 1. The number of hydrogen-bond acceptors (Lipinski definition) is 2. The molecule has 3 nitrogen and oxygen atoms in total. The van der Waals surface area contributed by atoms with Gasteiger partial charge >= 0.3 is 0 Å². The van der Waals surface area contributed by atoms with Crippen molar-refractivity contribution < 1.29 is 9.18 Å². The van der Waals surface area contributed by atoms with Crippen LogP contribution in [0, 0.1) is 17.7 Å². The van der Waals surface area contributed by atoms with Gasteiger partial charge in [0.25, 0.3) is 0 Å². The summed E-state index contributed by atoms with van der Waals surface area (Å²) in [4.78, 5) is 11.8. The van der Waals surface area contributed by atoms with Gasteiger partial charge in [-0.3, -0.25) is 4.79 Å². The van der Waals surface area contributed by atoms with Crippen LogP contribution in [0.3, 0.4) is 0 Å². The van der Waals surface area contributed by atoms with Crippen LogP contribution in [-0.2, 0) is 4.79 Å². The molecule has 1 heterocycles. The maximum Gasteiger partial charge on any atom is 0.227 e. The maximum atomic E-state index is 13.5. The van der Waals surface area contributed by atoms with Gasteiger partial charge in [0, 0.05) is 10.9 Å². The molecule has 1 atom stereocenters. The Hall–Kier alpha value is -0.840. The molecule has 1 unspecified atom stereocenters. The van der Waals surface area contributed by atoms with Gasteiger partial charge in [-0.05, 0) is 37.2 Å². The number of benzene rings is 1. The molecule has 1 aromatic carbocycles. The molecular formula is C12H15Cl2FN2O. The maximum absolute atomic E-state index is 13.5. The molecule has 0 spiro atoms. The molecule has 1 fully saturated rings. The second-order valence-corrected chi connectivity index (χ2v) is 4.76. The van der Waals surface area contributed by atoms with E-state index in [1.54, 1.807) is 6.07 Å². The molecular weight excluding hydrogens is 278 g/mol. The van der Waals surface area contributed by atoms with Gasteiger partial charge in [-0.15, -0.1) is 12.4 Å². The van der Waals surface area contributed by atoms with E-state index in [1.165, 1.54) is 12.1 Å². The van der Waals surface area contributed by atoms with Crippen LogP contribution in [0.1, 0.15) is 6.92 Å². The Morgan fingerprint density at radius 3 is 2.72 bits per heavy atom. The summed E-state index contributed by atoms with van der Waals surface area (Å²) >= 11 is 5.64. The Kier molecular flexibility index (Phi) is 5.38. The summed E-state index contributed by atoms with van der Waals surface area (Å²) in [5.74, 6) is -0.445. The van der Waals surface area contributed by atoms with Crippen molar-refractivity contribution in [2.45, 2.75) is 6.92 Å². The molecule has 0 aliphatic carbocycles. The van der Waals surface area contributed by atoms with E-state index in [0.717, 1.165) is 13.1 Å². The first kappa shape index (κ1) is 15.2. The van der Waals surface area contributed by atoms with Gasteiger partial charge < -0.3 is 10.6 Å². The number of amides is 1. The molecule has 1 amide bonds. The molecule has 6 heteroatoms. The third-order valence-corrected chi connectivity index (χ3v) is 3.36. The summed E-state index contributed by atoms with van der Waals surface area (Å²) in [6, 6.07) is 4.21. The van der Waals surface area contributed by atoms with E-state index in [2.05, 4.69) is 10.6 Å². The number of nitrogens with one attached hydrogen (secondary N) is 2. The van der Waals surface area contributed by atoms with Gasteiger partial charge in [-0.1, -0.05) is 18.5 Å². The third-order valence-electron chi connectivity index (χ3n) is 3.12. The van der Waals surface area contributed by atoms with Crippen molar-refractivity contribution in [3.05, 3.63) is 29.0 Å². The molecule has 0 saturated carbocycles. The first-order valence-corrected chi connectivity index (χ1v) is 5.92. The predicted octanol–water partition coefficient (Wildman–Crippen LogP) is 2.69. The van der Waals surface area contributed by atoms with Gasteiger partial charge in [0.05, 0.1) is 5.69 Å². The van der Waals surface area contributed by atoms with Crippen LogP contribution < -0.4 is 10.6 Å². The lowest BCUT2D eigenvalue weighted by Gasteiger charge is -2.31. The van der Waals surface area contributed by atoms with E-state index in [4.69, 9.17) is 11.6 Å². The van der Waals surface area contributed by atoms with Gasteiger partial charge in [-0.25, -0.2) is 4.39 Å². The number of hydrogen-bond donors (Lipinski definition) is 2. The molecule has 1 saturated heterocycles. The number of rotatable bonds is 3. The summed E-state index contributed by atoms with van der Waals surface area (Å²) in [6.45, 7) is 3.55. The molecule has 2 N–H and O–H groups in total. The summed E-state index contributed by atoms with van der Waals surface area (Å²) in [7, 11) is 0. The Balaban J connectivity index is 0.00000162. The number of halogens is 3. The Morgan fingerprint density at radius 2 is 2.22 bits per heavy atom. The van der Waals surface area contributed by atoms with E-state index >= 15 is 0 Å². The first-order chi connectivity index (χ1) is 8.08. The highest BCUT2D eigenvalue weighted by Crippen LogP contribution is 2.22. The molecule has 1 aliphatic heterocycles. The van der Waals surface area contributed by atoms with Crippen molar-refractivity contribution in [1.82, 2.24) is 5.32 Å². The lowest BCUT2D eigenvalue weighted by Crippen LogP contribution is -2.48. The number of carbonyl (C=O) groups is 1. The van der Waals surface area contributed by atoms with Crippen LogP contribution in [0.5, 0.6) is 0 Å². The minimum Gasteiger partial charge on any atom is -0.323 e. The largest absolute Gasteiger partial charge is 0.323 e. The molecule has 0 aromatic heterocycles. The van der Waals surface area contributed by atoms with Crippen molar-refractivity contribution in [1.29, 1.82) is 0 Å². The lowest BCUT2D eigenvalue weighted by molar-refractivity contribution is -0.121. The Morgan fingerprint density at radius 1 is 1.56 bits per heavy atom. The summed E-state index contributed by atoms with van der Waals surface area (Å²) in [5.41, 5.74) is 0.179. The van der Waals surface area contributed by atoms with Gasteiger partial charge in [-0.2, -0.15) is 0 Å². The average molecular weight is 293 g/mol. The van der Waals surface area contributed by atoms with Gasteiger partial charge in [0.15, 0.2) is 0 Å². The second-order valence-electron chi connectivity index (χ2n) is 4.32. The Bertz CT molecular complexity index is 438. The van der Waals surface area contributed by atoms with E-state index in [9.17, 15) is 9.18 Å². The first-order valence-electron chi connectivity index (χ1n) is 5.54. The minimum absolute atomic E-state index is 0. The number of anilines is 1. The summed E-state index contributed by atoms with van der Waals surface area (Å²) in [5, 5.41) is 6.01. The van der Waals surface area contributed by atoms with Crippen LogP contribution >= 0.6 is 24.0 Å². The van der Waals surface area contributed by atoms with Gasteiger partial charge in [0.1, 0.15) is 5.82 Å². The zero-order valence-corrected chi connectivity index (χ0v) is 11.4. The van der Waals surface area contributed by atoms with E-state index in [-0.39, 0.29) is 29.9 Å². The van der Waals surface area contributed by atoms with Crippen LogP contribution in [0.4, 0.5) is 10.1 Å². The summed E-state index contributed by atoms with van der Waals surface area (Å²) < 4.78 is 13.5. The highest BCUT2D eigenvalue weighted by Gasteiger charge is 2.28. The molecule has 100 valence electrons. The summed E-state index contributed by atoms with van der Waals surface area (Å²) in [6.07, 6.45) is 0. The van der Waals surface area contributed by atoms with Crippen molar-refractivity contribution in [3.63, 3.8) is 0 Å². The normalized spacial score (nSPS) is 16.4. The van der Waals surface area contributed by atoms with Crippen molar-refractivity contribution in [2.75, 3.05) is 18.4 Å². The average Bonchev–Trinajstić information content (AvgIpc) is 2.19. The van der Waals surface area contributed by atoms with Crippen LogP contribution in [0.15, 0.2) is 18.2 Å². The monoisotopic (exact) mass is 292 g/mol. The smallest absolute Gasteiger partial charge is 0.227 e. The molecule has 2 rings (SSSR count). The van der Waals surface area contributed by atoms with Gasteiger partial charge in [0.2, 0.25) is 5.91 Å². The van der Waals surface area contributed by atoms with Crippen LogP contribution in [-0.4, -0.2) is 19.0 Å². The fourth-order valence-electron chi connectivity index (χ4n) is 1.72. The molecule has 1 aromatic rings. The van der Waals surface area contributed by atoms with E-state index < -0.39 is 5.82 Å². The molecule has 18 heavy (non-hydrogen) atoms. The second kappa shape index (κ2) is 6.36. The van der Waals surface area contributed by atoms with E-state index in [0.29, 0.717) is 10.9 Å². The fraction of sp³-hybridized carbons (Fsp3) is 0.417. The molecule has 0 bridgehead atoms. The zero-order valence-electron chi connectivity index (χ0n) is 9.87.